The molecule has 0 aromatic rings. The molecule has 4 amide bonds. The molecule has 0 saturated carbocycles. The van der Waals surface area contributed by atoms with E-state index in [4.69, 9.17) is 5.73 Å². The molecule has 108 valence electrons. The van der Waals surface area contributed by atoms with E-state index in [9.17, 15) is 14.4 Å². The number of nitrogens with one attached hydrogen (secondary N) is 1. The van der Waals surface area contributed by atoms with E-state index in [1.54, 1.807) is 6.92 Å². The fourth-order valence-corrected chi connectivity index (χ4v) is 2.25. The lowest BCUT2D eigenvalue weighted by atomic mass is 9.94. The van der Waals surface area contributed by atoms with Crippen molar-refractivity contribution < 1.29 is 14.4 Å². The van der Waals surface area contributed by atoms with Crippen LogP contribution in [-0.2, 0) is 9.59 Å². The van der Waals surface area contributed by atoms with Crippen LogP contribution >= 0.6 is 0 Å². The third kappa shape index (κ3) is 3.94. The average molecular weight is 269 g/mol. The Labute approximate surface area is 113 Å². The van der Waals surface area contributed by atoms with Crippen molar-refractivity contribution in [3.63, 3.8) is 0 Å². The number of hydrogen-bond acceptors (Lipinski definition) is 3. The van der Waals surface area contributed by atoms with E-state index in [2.05, 4.69) is 12.2 Å². The van der Waals surface area contributed by atoms with Gasteiger partial charge in [-0.05, 0) is 13.3 Å². The average Bonchev–Trinajstić information content (AvgIpc) is 2.54. The molecule has 0 aromatic heterocycles. The van der Waals surface area contributed by atoms with Crippen molar-refractivity contribution in [1.82, 2.24) is 10.2 Å². The molecule has 0 aromatic carbocycles. The summed E-state index contributed by atoms with van der Waals surface area (Å²) in [6, 6.07) is -0.427. The first-order chi connectivity index (χ1) is 8.90. The quantitative estimate of drug-likeness (QED) is 0.511. The fraction of sp³-hybridized carbons (Fsp3) is 0.769. The largest absolute Gasteiger partial charge is 0.370 e. The van der Waals surface area contributed by atoms with Crippen LogP contribution in [0.1, 0.15) is 52.4 Å². The Morgan fingerprint density at radius 1 is 1.32 bits per heavy atom. The molecule has 1 aliphatic rings. The molecule has 1 saturated heterocycles. The van der Waals surface area contributed by atoms with E-state index in [-0.39, 0.29) is 18.9 Å². The molecule has 0 radical (unpaired) electrons. The molecule has 1 heterocycles. The zero-order chi connectivity index (χ0) is 14.5. The summed E-state index contributed by atoms with van der Waals surface area (Å²) in [7, 11) is 0. The van der Waals surface area contributed by atoms with Gasteiger partial charge in [-0.15, -0.1) is 0 Å². The molecule has 1 aliphatic heterocycles. The lowest BCUT2D eigenvalue weighted by Gasteiger charge is -2.21. The third-order valence-corrected chi connectivity index (χ3v) is 3.46. The second kappa shape index (κ2) is 6.54. The number of primary amides is 1. The molecule has 1 unspecified atom stereocenters. The maximum absolute atomic E-state index is 12.2. The minimum Gasteiger partial charge on any atom is -0.370 e. The van der Waals surface area contributed by atoms with Gasteiger partial charge in [-0.3, -0.25) is 14.5 Å². The van der Waals surface area contributed by atoms with Crippen molar-refractivity contribution >= 4 is 17.8 Å². The van der Waals surface area contributed by atoms with Crippen molar-refractivity contribution in [3.05, 3.63) is 0 Å². The van der Waals surface area contributed by atoms with Gasteiger partial charge >= 0.3 is 6.03 Å². The number of nitrogens with zero attached hydrogens (tertiary/aromatic N) is 1. The molecule has 6 heteroatoms. The molecule has 1 fully saturated rings. The molecule has 0 aliphatic carbocycles. The van der Waals surface area contributed by atoms with E-state index in [1.807, 2.05) is 0 Å². The predicted octanol–water partition coefficient (Wildman–Crippen LogP) is 1.14. The Bertz CT molecular complexity index is 370. The van der Waals surface area contributed by atoms with Crippen LogP contribution < -0.4 is 11.1 Å². The first-order valence-corrected chi connectivity index (χ1v) is 6.83. The van der Waals surface area contributed by atoms with Gasteiger partial charge in [-0.2, -0.15) is 0 Å². The molecule has 1 rings (SSSR count). The molecular formula is C13H23N3O3. The van der Waals surface area contributed by atoms with Gasteiger partial charge in [0.05, 0.1) is 0 Å². The maximum atomic E-state index is 12.2. The Hall–Kier alpha value is -1.59. The number of rotatable bonds is 8. The lowest BCUT2D eigenvalue weighted by molar-refractivity contribution is -0.131. The summed E-state index contributed by atoms with van der Waals surface area (Å²) < 4.78 is 0. The lowest BCUT2D eigenvalue weighted by Crippen LogP contribution is -2.44. The number of imide groups is 1. The first-order valence-electron chi connectivity index (χ1n) is 6.83. The molecule has 0 spiro atoms. The highest BCUT2D eigenvalue weighted by Gasteiger charge is 2.46. The summed E-state index contributed by atoms with van der Waals surface area (Å²) in [5.41, 5.74) is 4.20. The van der Waals surface area contributed by atoms with Gasteiger partial charge in [-0.1, -0.05) is 32.6 Å². The first kappa shape index (κ1) is 15.5. The number of carbonyl (C=O) groups is 3. The third-order valence-electron chi connectivity index (χ3n) is 3.46. The number of hydrogen-bond donors (Lipinski definition) is 2. The van der Waals surface area contributed by atoms with E-state index in [0.29, 0.717) is 6.42 Å². The maximum Gasteiger partial charge on any atom is 0.325 e. The summed E-state index contributed by atoms with van der Waals surface area (Å²) >= 11 is 0. The van der Waals surface area contributed by atoms with Crippen LogP contribution in [-0.4, -0.2) is 34.8 Å². The van der Waals surface area contributed by atoms with E-state index in [1.165, 1.54) is 0 Å². The van der Waals surface area contributed by atoms with Crippen molar-refractivity contribution in [2.45, 2.75) is 57.9 Å². The molecule has 19 heavy (non-hydrogen) atoms. The summed E-state index contributed by atoms with van der Waals surface area (Å²) in [6.45, 7) is 3.92. The second-order valence-electron chi connectivity index (χ2n) is 5.25. The monoisotopic (exact) mass is 269 g/mol. The number of amides is 4. The summed E-state index contributed by atoms with van der Waals surface area (Å²) in [6.07, 6.45) is 4.84. The van der Waals surface area contributed by atoms with Gasteiger partial charge < -0.3 is 11.1 Å². The van der Waals surface area contributed by atoms with E-state index < -0.39 is 17.5 Å². The Balaban J connectivity index is 2.54. The minimum absolute atomic E-state index is 0.00503. The smallest absolute Gasteiger partial charge is 0.325 e. The second-order valence-corrected chi connectivity index (χ2v) is 5.25. The summed E-state index contributed by atoms with van der Waals surface area (Å²) in [4.78, 5) is 35.8. The van der Waals surface area contributed by atoms with Crippen LogP contribution in [0, 0.1) is 0 Å². The highest BCUT2D eigenvalue weighted by atomic mass is 16.2. The zero-order valence-corrected chi connectivity index (χ0v) is 11.7. The van der Waals surface area contributed by atoms with Crippen molar-refractivity contribution in [3.8, 4) is 0 Å². The number of urea groups is 1. The minimum atomic E-state index is -0.831. The Morgan fingerprint density at radius 3 is 2.58 bits per heavy atom. The van der Waals surface area contributed by atoms with Crippen LogP contribution in [0.15, 0.2) is 0 Å². The van der Waals surface area contributed by atoms with E-state index >= 15 is 0 Å². The van der Waals surface area contributed by atoms with Gasteiger partial charge in [0.25, 0.3) is 5.91 Å². The topological polar surface area (TPSA) is 92.5 Å². The zero-order valence-electron chi connectivity index (χ0n) is 11.7. The molecule has 1 atom stereocenters. The molecule has 3 N–H and O–H groups in total. The van der Waals surface area contributed by atoms with Crippen LogP contribution in [0.5, 0.6) is 0 Å². The van der Waals surface area contributed by atoms with Crippen LogP contribution in [0.4, 0.5) is 4.79 Å². The van der Waals surface area contributed by atoms with Gasteiger partial charge in [0, 0.05) is 13.0 Å². The van der Waals surface area contributed by atoms with Crippen LogP contribution in [0.2, 0.25) is 0 Å². The Morgan fingerprint density at radius 2 is 2.00 bits per heavy atom. The van der Waals surface area contributed by atoms with Crippen molar-refractivity contribution in [2.75, 3.05) is 6.54 Å². The van der Waals surface area contributed by atoms with Gasteiger partial charge in [0.15, 0.2) is 0 Å². The Kier molecular flexibility index (Phi) is 5.32. The summed E-state index contributed by atoms with van der Waals surface area (Å²) in [5.74, 6) is -0.771. The van der Waals surface area contributed by atoms with Gasteiger partial charge in [-0.25, -0.2) is 4.79 Å². The SMILES string of the molecule is CCCCCCC1(C)NC(=O)N(CCC(N)=O)C1=O. The molecule has 6 nitrogen and oxygen atoms in total. The molecular weight excluding hydrogens is 246 g/mol. The van der Waals surface area contributed by atoms with Gasteiger partial charge in [0.2, 0.25) is 5.91 Å². The van der Waals surface area contributed by atoms with Crippen molar-refractivity contribution in [1.29, 1.82) is 0 Å². The number of carbonyl (C=O) groups excluding carboxylic acids is 3. The van der Waals surface area contributed by atoms with E-state index in [0.717, 1.165) is 30.6 Å². The predicted molar refractivity (Wildman–Crippen MR) is 71.2 cm³/mol. The van der Waals surface area contributed by atoms with Crippen LogP contribution in [0.3, 0.4) is 0 Å². The molecule has 0 bridgehead atoms. The number of unbranched alkanes of at least 4 members (excludes halogenated alkanes) is 3. The van der Waals surface area contributed by atoms with Crippen molar-refractivity contribution in [2.24, 2.45) is 5.73 Å². The van der Waals surface area contributed by atoms with Crippen LogP contribution in [0.25, 0.3) is 0 Å². The highest BCUT2D eigenvalue weighted by Crippen LogP contribution is 2.24. The highest BCUT2D eigenvalue weighted by molar-refractivity contribution is 6.06. The normalized spacial score (nSPS) is 22.7. The fourth-order valence-electron chi connectivity index (χ4n) is 2.25. The number of nitrogens with two attached hydrogens (primary N) is 1. The summed E-state index contributed by atoms with van der Waals surface area (Å²) in [5, 5.41) is 2.72. The standard InChI is InChI=1S/C13H23N3O3/c1-3-4-5-6-8-13(2)11(18)16(12(19)15-13)9-7-10(14)17/h3-9H2,1-2H3,(H2,14,17)(H,15,19). The van der Waals surface area contributed by atoms with Gasteiger partial charge in [0.1, 0.15) is 5.54 Å².